The summed E-state index contributed by atoms with van der Waals surface area (Å²) in [5.41, 5.74) is 9.70. The zero-order valence-corrected chi connectivity index (χ0v) is 26.0. The van der Waals surface area contributed by atoms with Crippen LogP contribution in [0, 0.1) is 24.8 Å². The van der Waals surface area contributed by atoms with Crippen molar-refractivity contribution in [3.05, 3.63) is 162 Å². The summed E-state index contributed by atoms with van der Waals surface area (Å²) in [5, 5.41) is 12.2. The second-order valence-electron chi connectivity index (χ2n) is 11.6. The molecule has 0 bridgehead atoms. The lowest BCUT2D eigenvalue weighted by Gasteiger charge is -2.12. The van der Waals surface area contributed by atoms with Crippen LogP contribution in [0.2, 0.25) is 0 Å². The van der Waals surface area contributed by atoms with Crippen LogP contribution in [0.25, 0.3) is 77.6 Å². The first kappa shape index (κ1) is 28.6. The Morgan fingerprint density at radius 3 is 1.75 bits per heavy atom. The van der Waals surface area contributed by atoms with Crippen LogP contribution in [0.5, 0.6) is 0 Å². The second-order valence-corrected chi connectivity index (χ2v) is 11.6. The average molecular weight is 615 g/mol. The standard InChI is InChI=1S/C42H26N6/c1-27-11-9-10-16-37(27)48-38-19-17-31(24-35(38)36-25-34(44-2)18-20-39(36)48)32-21-28(26-43)22-33(23-32)42-46-40(29-12-5-3-6-13-29)45-41(47-42)30-14-7-4-8-15-30/h3-25H,1H3. The lowest BCUT2D eigenvalue weighted by Crippen LogP contribution is -2.00. The smallest absolute Gasteiger partial charge is 0.188 e. The minimum absolute atomic E-state index is 0.486. The number of fused-ring (bicyclic) bond motifs is 3. The molecule has 6 heteroatoms. The molecule has 2 heterocycles. The van der Waals surface area contributed by atoms with Gasteiger partial charge in [-0.25, -0.2) is 19.8 Å². The predicted octanol–water partition coefficient (Wildman–Crippen LogP) is 10.4. The van der Waals surface area contributed by atoms with Gasteiger partial charge in [-0.2, -0.15) is 5.26 Å². The van der Waals surface area contributed by atoms with Gasteiger partial charge in [-0.1, -0.05) is 91.0 Å². The number of benzene rings is 6. The minimum atomic E-state index is 0.486. The summed E-state index contributed by atoms with van der Waals surface area (Å²) in [4.78, 5) is 18.3. The van der Waals surface area contributed by atoms with E-state index in [1.54, 1.807) is 0 Å². The maximum atomic E-state index is 10.1. The van der Waals surface area contributed by atoms with Crippen molar-refractivity contribution in [2.75, 3.05) is 0 Å². The van der Waals surface area contributed by atoms with Crippen LogP contribution in [0.3, 0.4) is 0 Å². The molecule has 0 fully saturated rings. The van der Waals surface area contributed by atoms with Crippen molar-refractivity contribution in [1.82, 2.24) is 19.5 Å². The fourth-order valence-corrected chi connectivity index (χ4v) is 6.26. The van der Waals surface area contributed by atoms with Crippen molar-refractivity contribution in [2.24, 2.45) is 0 Å². The van der Waals surface area contributed by atoms with E-state index in [2.05, 4.69) is 52.7 Å². The molecule has 0 spiro atoms. The molecule has 0 amide bonds. The van der Waals surface area contributed by atoms with Crippen molar-refractivity contribution in [3.63, 3.8) is 0 Å². The van der Waals surface area contributed by atoms with Gasteiger partial charge in [0.2, 0.25) is 0 Å². The summed E-state index contributed by atoms with van der Waals surface area (Å²) in [7, 11) is 0. The zero-order valence-electron chi connectivity index (χ0n) is 26.0. The number of aromatic nitrogens is 4. The molecule has 0 aliphatic heterocycles. The molecular weight excluding hydrogens is 589 g/mol. The maximum Gasteiger partial charge on any atom is 0.188 e. The van der Waals surface area contributed by atoms with Crippen molar-refractivity contribution in [3.8, 4) is 57.0 Å². The van der Waals surface area contributed by atoms with Gasteiger partial charge >= 0.3 is 0 Å². The normalized spacial score (nSPS) is 11.0. The molecule has 0 aliphatic carbocycles. The summed E-state index contributed by atoms with van der Waals surface area (Å²) in [6.45, 7) is 9.78. The third kappa shape index (κ3) is 5.04. The minimum Gasteiger partial charge on any atom is -0.309 e. The number of rotatable bonds is 5. The topological polar surface area (TPSA) is 71.8 Å². The molecule has 6 aromatic carbocycles. The molecule has 8 aromatic rings. The van der Waals surface area contributed by atoms with Gasteiger partial charge in [-0.05, 0) is 77.5 Å². The van der Waals surface area contributed by atoms with E-state index < -0.39 is 0 Å². The van der Waals surface area contributed by atoms with Crippen molar-refractivity contribution < 1.29 is 0 Å². The highest BCUT2D eigenvalue weighted by atomic mass is 15.0. The third-order valence-electron chi connectivity index (χ3n) is 8.59. The fourth-order valence-electron chi connectivity index (χ4n) is 6.26. The maximum absolute atomic E-state index is 10.1. The first-order valence-corrected chi connectivity index (χ1v) is 15.5. The number of nitriles is 1. The molecule has 0 radical (unpaired) electrons. The van der Waals surface area contributed by atoms with Gasteiger partial charge in [0, 0.05) is 27.8 Å². The van der Waals surface area contributed by atoms with E-state index in [0.717, 1.165) is 60.9 Å². The highest BCUT2D eigenvalue weighted by molar-refractivity contribution is 6.11. The van der Waals surface area contributed by atoms with Gasteiger partial charge < -0.3 is 4.57 Å². The largest absolute Gasteiger partial charge is 0.309 e. The van der Waals surface area contributed by atoms with E-state index >= 15 is 0 Å². The molecule has 48 heavy (non-hydrogen) atoms. The number of para-hydroxylation sites is 1. The first-order chi connectivity index (χ1) is 23.6. The fraction of sp³-hybridized carbons (Fsp3) is 0.0238. The SMILES string of the molecule is [C-]#[N+]c1ccc2c(c1)c1cc(-c3cc(C#N)cc(-c4nc(-c5ccccc5)nc(-c5ccccc5)n4)c3)ccc1n2-c1ccccc1C. The quantitative estimate of drug-likeness (QED) is 0.181. The van der Waals surface area contributed by atoms with Crippen molar-refractivity contribution >= 4 is 27.5 Å². The highest BCUT2D eigenvalue weighted by Gasteiger charge is 2.17. The number of hydrogen-bond acceptors (Lipinski definition) is 4. The Bertz CT molecular complexity index is 2530. The monoisotopic (exact) mass is 614 g/mol. The van der Waals surface area contributed by atoms with E-state index in [1.165, 1.54) is 0 Å². The Hall–Kier alpha value is -6.89. The molecule has 2 aromatic heterocycles. The Labute approximate surface area is 277 Å². The number of nitrogens with zero attached hydrogens (tertiary/aromatic N) is 6. The molecule has 0 atom stereocenters. The van der Waals surface area contributed by atoms with Crippen LogP contribution >= 0.6 is 0 Å². The summed E-state index contributed by atoms with van der Waals surface area (Å²) < 4.78 is 2.26. The lowest BCUT2D eigenvalue weighted by atomic mass is 9.98. The molecule has 0 N–H and O–H groups in total. The summed E-state index contributed by atoms with van der Waals surface area (Å²) in [6, 6.07) is 48.3. The van der Waals surface area contributed by atoms with Gasteiger partial charge in [0.1, 0.15) is 0 Å². The molecule has 0 saturated carbocycles. The van der Waals surface area contributed by atoms with Crippen LogP contribution in [-0.4, -0.2) is 19.5 Å². The van der Waals surface area contributed by atoms with Crippen LogP contribution in [0.15, 0.2) is 140 Å². The Morgan fingerprint density at radius 2 is 1.12 bits per heavy atom. The molecule has 0 aliphatic rings. The van der Waals surface area contributed by atoms with Gasteiger partial charge in [0.05, 0.1) is 29.2 Å². The van der Waals surface area contributed by atoms with Crippen LogP contribution < -0.4 is 0 Å². The zero-order chi connectivity index (χ0) is 32.6. The van der Waals surface area contributed by atoms with Gasteiger partial charge in [-0.15, -0.1) is 0 Å². The van der Waals surface area contributed by atoms with E-state index in [9.17, 15) is 5.26 Å². The molecule has 8 rings (SSSR count). The predicted molar refractivity (Wildman–Crippen MR) is 192 cm³/mol. The summed E-state index contributed by atoms with van der Waals surface area (Å²) in [5.74, 6) is 1.61. The van der Waals surface area contributed by atoms with Crippen LogP contribution in [-0.2, 0) is 0 Å². The number of aryl methyl sites for hydroxylation is 1. The van der Waals surface area contributed by atoms with Gasteiger partial charge in [0.15, 0.2) is 23.2 Å². The van der Waals surface area contributed by atoms with Gasteiger partial charge in [0.25, 0.3) is 0 Å². The van der Waals surface area contributed by atoms with E-state index in [0.29, 0.717) is 28.7 Å². The van der Waals surface area contributed by atoms with Crippen molar-refractivity contribution in [2.45, 2.75) is 6.92 Å². The Kier molecular flexibility index (Phi) is 7.02. The van der Waals surface area contributed by atoms with E-state index in [-0.39, 0.29) is 0 Å². The Morgan fingerprint density at radius 1 is 0.562 bits per heavy atom. The first-order valence-electron chi connectivity index (χ1n) is 15.5. The number of hydrogen-bond donors (Lipinski definition) is 0. The highest BCUT2D eigenvalue weighted by Crippen LogP contribution is 2.38. The molecule has 6 nitrogen and oxygen atoms in total. The average Bonchev–Trinajstić information content (AvgIpc) is 3.48. The molecule has 224 valence electrons. The lowest BCUT2D eigenvalue weighted by molar-refractivity contribution is 1.07. The van der Waals surface area contributed by atoms with Gasteiger partial charge in [-0.3, -0.25) is 0 Å². The van der Waals surface area contributed by atoms with Crippen LogP contribution in [0.4, 0.5) is 5.69 Å². The molecule has 0 saturated heterocycles. The van der Waals surface area contributed by atoms with E-state index in [4.69, 9.17) is 21.5 Å². The molecule has 0 unspecified atom stereocenters. The summed E-state index contributed by atoms with van der Waals surface area (Å²) in [6.07, 6.45) is 0. The second kappa shape index (κ2) is 11.8. The Balaban J connectivity index is 1.33. The van der Waals surface area contributed by atoms with Crippen molar-refractivity contribution in [1.29, 1.82) is 5.26 Å². The summed E-state index contributed by atoms with van der Waals surface area (Å²) >= 11 is 0. The van der Waals surface area contributed by atoms with E-state index in [1.807, 2.05) is 109 Å². The third-order valence-corrected chi connectivity index (χ3v) is 8.59. The molecular formula is C42H26N6. The van der Waals surface area contributed by atoms with Crippen LogP contribution in [0.1, 0.15) is 11.1 Å².